The van der Waals surface area contributed by atoms with E-state index in [0.717, 1.165) is 0 Å². The third kappa shape index (κ3) is 5.31. The fraction of sp³-hybridized carbons (Fsp3) is 0.429. The first-order valence-electron chi connectivity index (χ1n) is 6.26. The molecule has 0 aromatic heterocycles. The third-order valence-corrected chi connectivity index (χ3v) is 2.84. The number of rotatable bonds is 8. The van der Waals surface area contributed by atoms with E-state index in [-0.39, 0.29) is 18.9 Å². The van der Waals surface area contributed by atoms with Gasteiger partial charge in [-0.2, -0.15) is 0 Å². The lowest BCUT2D eigenvalue weighted by Crippen LogP contribution is -2.34. The first-order chi connectivity index (χ1) is 9.99. The van der Waals surface area contributed by atoms with Gasteiger partial charge >= 0.3 is 5.97 Å². The van der Waals surface area contributed by atoms with Crippen molar-refractivity contribution in [3.8, 4) is 11.5 Å². The van der Waals surface area contributed by atoms with Crippen LogP contribution in [0.3, 0.4) is 0 Å². The lowest BCUT2D eigenvalue weighted by molar-refractivity contribution is -0.139. The molecule has 1 unspecified atom stereocenters. The summed E-state index contributed by atoms with van der Waals surface area (Å²) in [6.07, 6.45) is -0.767. The number of carbonyl (C=O) groups excluding carboxylic acids is 1. The molecule has 1 aromatic rings. The first kappa shape index (κ1) is 16.8. The van der Waals surface area contributed by atoms with Gasteiger partial charge in [0.1, 0.15) is 11.5 Å². The van der Waals surface area contributed by atoms with Crippen LogP contribution in [0.1, 0.15) is 16.8 Å². The molecule has 1 atom stereocenters. The van der Waals surface area contributed by atoms with E-state index in [1.807, 2.05) is 0 Å². The zero-order valence-corrected chi connectivity index (χ0v) is 12.2. The fourth-order valence-corrected chi connectivity index (χ4v) is 1.68. The van der Waals surface area contributed by atoms with Crippen LogP contribution in [-0.2, 0) is 9.53 Å². The zero-order valence-electron chi connectivity index (χ0n) is 12.2. The molecule has 1 amide bonds. The molecule has 0 radical (unpaired) electrons. The molecular weight excluding hydrogens is 278 g/mol. The Kier molecular flexibility index (Phi) is 6.48. The van der Waals surface area contributed by atoms with Gasteiger partial charge in [-0.25, -0.2) is 0 Å². The number of carboxylic acids is 1. The van der Waals surface area contributed by atoms with E-state index in [4.69, 9.17) is 19.3 Å². The van der Waals surface area contributed by atoms with Crippen LogP contribution in [0.5, 0.6) is 11.5 Å². The van der Waals surface area contributed by atoms with Gasteiger partial charge in [0.25, 0.3) is 5.91 Å². The maximum atomic E-state index is 12.1. The van der Waals surface area contributed by atoms with Crippen LogP contribution in [-0.4, -0.2) is 51.0 Å². The number of benzene rings is 1. The molecule has 7 nitrogen and oxygen atoms in total. The topological polar surface area (TPSA) is 94.1 Å². The molecular formula is C14H19NO6. The molecule has 0 aliphatic carbocycles. The second kappa shape index (κ2) is 8.11. The average molecular weight is 297 g/mol. The van der Waals surface area contributed by atoms with Crippen LogP contribution in [0.2, 0.25) is 0 Å². The molecule has 0 heterocycles. The van der Waals surface area contributed by atoms with Gasteiger partial charge in [-0.1, -0.05) is 0 Å². The summed E-state index contributed by atoms with van der Waals surface area (Å²) < 4.78 is 15.2. The molecule has 0 aliphatic rings. The largest absolute Gasteiger partial charge is 0.497 e. The van der Waals surface area contributed by atoms with Crippen molar-refractivity contribution in [2.24, 2.45) is 0 Å². The van der Waals surface area contributed by atoms with E-state index in [9.17, 15) is 9.59 Å². The second-order valence-electron chi connectivity index (χ2n) is 4.27. The van der Waals surface area contributed by atoms with Crippen molar-refractivity contribution >= 4 is 11.9 Å². The smallest absolute Gasteiger partial charge is 0.306 e. The van der Waals surface area contributed by atoms with E-state index >= 15 is 0 Å². The summed E-state index contributed by atoms with van der Waals surface area (Å²) in [6, 6.07) is 4.78. The number of nitrogens with one attached hydrogen (secondary N) is 1. The van der Waals surface area contributed by atoms with Gasteiger partial charge < -0.3 is 24.6 Å². The third-order valence-electron chi connectivity index (χ3n) is 2.84. The van der Waals surface area contributed by atoms with E-state index in [1.54, 1.807) is 18.2 Å². The van der Waals surface area contributed by atoms with Gasteiger partial charge in [-0.15, -0.1) is 0 Å². The molecule has 0 bridgehead atoms. The Balaban J connectivity index is 2.72. The quantitative estimate of drug-likeness (QED) is 0.741. The predicted octanol–water partition coefficient (Wildman–Crippen LogP) is 0.923. The van der Waals surface area contributed by atoms with Gasteiger partial charge in [0.2, 0.25) is 0 Å². The number of hydrogen-bond donors (Lipinski definition) is 2. The molecule has 0 aliphatic heterocycles. The minimum Gasteiger partial charge on any atom is -0.497 e. The van der Waals surface area contributed by atoms with Crippen LogP contribution in [0.4, 0.5) is 0 Å². The molecule has 1 rings (SSSR count). The normalized spacial score (nSPS) is 11.6. The Hall–Kier alpha value is -2.28. The highest BCUT2D eigenvalue weighted by Gasteiger charge is 2.15. The lowest BCUT2D eigenvalue weighted by atomic mass is 10.1. The summed E-state index contributed by atoms with van der Waals surface area (Å²) in [5.74, 6) is -0.361. The second-order valence-corrected chi connectivity index (χ2v) is 4.27. The molecule has 1 aromatic carbocycles. The van der Waals surface area contributed by atoms with E-state index in [1.165, 1.54) is 21.3 Å². The van der Waals surface area contributed by atoms with Gasteiger partial charge in [0, 0.05) is 25.3 Å². The van der Waals surface area contributed by atoms with Crippen molar-refractivity contribution in [3.63, 3.8) is 0 Å². The first-order valence-corrected chi connectivity index (χ1v) is 6.26. The van der Waals surface area contributed by atoms with Crippen LogP contribution in [0.25, 0.3) is 0 Å². The Morgan fingerprint density at radius 3 is 2.14 bits per heavy atom. The van der Waals surface area contributed by atoms with Crippen LogP contribution in [0, 0.1) is 0 Å². The van der Waals surface area contributed by atoms with Gasteiger partial charge in [0.15, 0.2) is 0 Å². The van der Waals surface area contributed by atoms with Gasteiger partial charge in [0.05, 0.1) is 26.7 Å². The number of carboxylic acid groups (broad SMARTS) is 1. The summed E-state index contributed by atoms with van der Waals surface area (Å²) in [6.45, 7) is 0.0984. The highest BCUT2D eigenvalue weighted by Crippen LogP contribution is 2.22. The molecule has 21 heavy (non-hydrogen) atoms. The van der Waals surface area contributed by atoms with Crippen LogP contribution in [0.15, 0.2) is 18.2 Å². The van der Waals surface area contributed by atoms with Crippen LogP contribution >= 0.6 is 0 Å². The Morgan fingerprint density at radius 2 is 1.71 bits per heavy atom. The fourth-order valence-electron chi connectivity index (χ4n) is 1.68. The van der Waals surface area contributed by atoms with E-state index in [0.29, 0.717) is 17.1 Å². The van der Waals surface area contributed by atoms with Crippen LogP contribution < -0.4 is 14.8 Å². The molecule has 116 valence electrons. The van der Waals surface area contributed by atoms with Gasteiger partial charge in [-0.05, 0) is 12.1 Å². The number of ether oxygens (including phenoxy) is 3. The number of carbonyl (C=O) groups is 2. The van der Waals surface area contributed by atoms with E-state index < -0.39 is 12.1 Å². The standard InChI is InChI=1S/C14H19NO6/c1-19-10-4-9(5-11(6-10)20-2)14(18)15-8-12(21-3)7-13(16)17/h4-6,12H,7-8H2,1-3H3,(H,15,18)(H,16,17). The van der Waals surface area contributed by atoms with Gasteiger partial charge in [-0.3, -0.25) is 9.59 Å². The summed E-state index contributed by atoms with van der Waals surface area (Å²) in [4.78, 5) is 22.7. The van der Waals surface area contributed by atoms with Crippen molar-refractivity contribution in [3.05, 3.63) is 23.8 Å². The molecule has 0 saturated carbocycles. The summed E-state index contributed by atoms with van der Waals surface area (Å²) in [7, 11) is 4.38. The Bertz CT molecular complexity index is 480. The molecule has 2 N–H and O–H groups in total. The van der Waals surface area contributed by atoms with Crippen molar-refractivity contribution in [1.82, 2.24) is 5.32 Å². The molecule has 0 spiro atoms. The van der Waals surface area contributed by atoms with Crippen molar-refractivity contribution in [2.75, 3.05) is 27.9 Å². The van der Waals surface area contributed by atoms with Crippen molar-refractivity contribution in [1.29, 1.82) is 0 Å². The number of methoxy groups -OCH3 is 3. The SMILES string of the molecule is COc1cc(OC)cc(C(=O)NCC(CC(=O)O)OC)c1. The lowest BCUT2D eigenvalue weighted by Gasteiger charge is -2.14. The maximum Gasteiger partial charge on any atom is 0.306 e. The summed E-state index contributed by atoms with van der Waals surface area (Å²) >= 11 is 0. The minimum absolute atomic E-state index is 0.0984. The number of aliphatic carboxylic acids is 1. The van der Waals surface area contributed by atoms with E-state index in [2.05, 4.69) is 5.32 Å². The predicted molar refractivity (Wildman–Crippen MR) is 74.9 cm³/mol. The highest BCUT2D eigenvalue weighted by atomic mass is 16.5. The maximum absolute atomic E-state index is 12.1. The van der Waals surface area contributed by atoms with Crippen molar-refractivity contribution < 1.29 is 28.9 Å². The summed E-state index contributed by atoms with van der Waals surface area (Å²) in [5, 5.41) is 11.3. The zero-order chi connectivity index (χ0) is 15.8. The van der Waals surface area contributed by atoms with Crippen molar-refractivity contribution in [2.45, 2.75) is 12.5 Å². The average Bonchev–Trinajstić information content (AvgIpc) is 2.49. The Morgan fingerprint density at radius 1 is 1.14 bits per heavy atom. The molecule has 0 fully saturated rings. The highest BCUT2D eigenvalue weighted by molar-refractivity contribution is 5.95. The summed E-state index contributed by atoms with van der Waals surface area (Å²) in [5.41, 5.74) is 0.358. The Labute approximate surface area is 122 Å². The number of amides is 1. The monoisotopic (exact) mass is 297 g/mol. The molecule has 7 heteroatoms. The minimum atomic E-state index is -0.987. The molecule has 0 saturated heterocycles. The number of hydrogen-bond acceptors (Lipinski definition) is 5.